The van der Waals surface area contributed by atoms with Crippen molar-refractivity contribution in [2.75, 3.05) is 14.2 Å². The maximum absolute atomic E-state index is 13.7. The summed E-state index contributed by atoms with van der Waals surface area (Å²) in [6.07, 6.45) is 1.52. The summed E-state index contributed by atoms with van der Waals surface area (Å²) >= 11 is 3.49. The molecule has 0 bridgehead atoms. The number of methoxy groups -OCH3 is 2. The quantitative estimate of drug-likeness (QED) is 0.337. The molecule has 0 atom stereocenters. The van der Waals surface area contributed by atoms with Crippen molar-refractivity contribution in [3.8, 4) is 28.2 Å². The lowest BCUT2D eigenvalue weighted by Crippen LogP contribution is -2.13. The summed E-state index contributed by atoms with van der Waals surface area (Å²) in [5, 5.41) is 8.27. The molecule has 0 saturated heterocycles. The van der Waals surface area contributed by atoms with Crippen LogP contribution in [-0.4, -0.2) is 45.7 Å². The fourth-order valence-corrected chi connectivity index (χ4v) is 4.59. The van der Waals surface area contributed by atoms with Gasteiger partial charge in [-0.15, -0.1) is 5.10 Å². The van der Waals surface area contributed by atoms with Crippen LogP contribution in [0.4, 0.5) is 4.39 Å². The molecule has 10 heteroatoms. The molecule has 0 fully saturated rings. The summed E-state index contributed by atoms with van der Waals surface area (Å²) in [5.74, 6) is -1.75. The van der Waals surface area contributed by atoms with Crippen LogP contribution in [-0.2, 0) is 16.0 Å². The first-order valence-corrected chi connectivity index (χ1v) is 10.6. The van der Waals surface area contributed by atoms with Crippen LogP contribution in [0, 0.1) is 5.82 Å². The summed E-state index contributed by atoms with van der Waals surface area (Å²) in [6, 6.07) is 11.2. The van der Waals surface area contributed by atoms with Crippen LogP contribution in [0.15, 0.2) is 53.1 Å². The number of ether oxygens (including phenoxy) is 2. The zero-order valence-corrected chi connectivity index (χ0v) is 19.1. The van der Waals surface area contributed by atoms with Gasteiger partial charge >= 0.3 is 11.9 Å². The zero-order chi connectivity index (χ0) is 23.3. The van der Waals surface area contributed by atoms with Gasteiger partial charge in [-0.2, -0.15) is 0 Å². The number of halogens is 2. The molecule has 0 unspecified atom stereocenters. The highest BCUT2D eigenvalue weighted by atomic mass is 79.9. The normalized spacial score (nSPS) is 11.8. The van der Waals surface area contributed by atoms with Gasteiger partial charge in [-0.05, 0) is 41.5 Å². The van der Waals surface area contributed by atoms with Gasteiger partial charge in [-0.25, -0.2) is 18.7 Å². The summed E-state index contributed by atoms with van der Waals surface area (Å²) in [6.45, 7) is 0.239. The van der Waals surface area contributed by atoms with Gasteiger partial charge in [0.2, 0.25) is 0 Å². The first-order valence-electron chi connectivity index (χ1n) is 9.83. The van der Waals surface area contributed by atoms with E-state index in [0.717, 1.165) is 15.7 Å². The van der Waals surface area contributed by atoms with Gasteiger partial charge in [0.1, 0.15) is 17.2 Å². The summed E-state index contributed by atoms with van der Waals surface area (Å²) < 4.78 is 28.0. The molecule has 4 aromatic rings. The van der Waals surface area contributed by atoms with Crippen molar-refractivity contribution in [2.45, 2.75) is 6.54 Å². The molecule has 2 aromatic heterocycles. The number of aromatic nitrogens is 4. The third kappa shape index (κ3) is 3.25. The Balaban J connectivity index is 1.94. The van der Waals surface area contributed by atoms with Crippen molar-refractivity contribution in [1.82, 2.24) is 19.6 Å². The molecule has 0 saturated carbocycles. The first kappa shape index (κ1) is 21.1. The molecule has 0 spiro atoms. The maximum Gasteiger partial charge on any atom is 0.355 e. The van der Waals surface area contributed by atoms with Crippen molar-refractivity contribution in [2.24, 2.45) is 0 Å². The van der Waals surface area contributed by atoms with Crippen molar-refractivity contribution in [1.29, 1.82) is 0 Å². The monoisotopic (exact) mass is 510 g/mol. The molecule has 0 aliphatic carbocycles. The van der Waals surface area contributed by atoms with Crippen molar-refractivity contribution in [3.05, 3.63) is 75.8 Å². The first-order chi connectivity index (χ1) is 15.9. The fraction of sp³-hybridized carbons (Fsp3) is 0.130. The van der Waals surface area contributed by atoms with Gasteiger partial charge in [0.05, 0.1) is 43.9 Å². The maximum atomic E-state index is 13.7. The summed E-state index contributed by atoms with van der Waals surface area (Å²) in [7, 11) is 2.53. The van der Waals surface area contributed by atoms with Crippen LogP contribution in [0.1, 0.15) is 26.4 Å². The lowest BCUT2D eigenvalue weighted by molar-refractivity contribution is 0.0588. The topological polar surface area (TPSA) is 88.2 Å². The number of hydrogen-bond acceptors (Lipinski definition) is 6. The smallest absolute Gasteiger partial charge is 0.355 e. The van der Waals surface area contributed by atoms with Crippen molar-refractivity contribution in [3.63, 3.8) is 0 Å². The predicted molar refractivity (Wildman–Crippen MR) is 120 cm³/mol. The SMILES string of the molecule is COC(=O)c1c(-c2ccc(F)cc2)c(C(=O)OC)n2c1-c1cnnn1-c1ccc(Br)cc1C2. The highest BCUT2D eigenvalue weighted by molar-refractivity contribution is 9.10. The molecule has 3 heterocycles. The number of nitrogens with zero attached hydrogens (tertiary/aromatic N) is 4. The Hall–Kier alpha value is -3.79. The molecule has 33 heavy (non-hydrogen) atoms. The number of hydrogen-bond donors (Lipinski definition) is 0. The van der Waals surface area contributed by atoms with E-state index in [1.54, 1.807) is 9.25 Å². The Morgan fingerprint density at radius 3 is 2.48 bits per heavy atom. The minimum Gasteiger partial charge on any atom is -0.465 e. The van der Waals surface area contributed by atoms with Crippen LogP contribution in [0.3, 0.4) is 0 Å². The summed E-state index contributed by atoms with van der Waals surface area (Å²) in [4.78, 5) is 26.2. The minimum absolute atomic E-state index is 0.139. The van der Waals surface area contributed by atoms with E-state index in [-0.39, 0.29) is 23.4 Å². The van der Waals surface area contributed by atoms with Crippen LogP contribution in [0.2, 0.25) is 0 Å². The Bertz CT molecular complexity index is 1430. The van der Waals surface area contributed by atoms with E-state index in [9.17, 15) is 14.0 Å². The number of rotatable bonds is 3. The zero-order valence-electron chi connectivity index (χ0n) is 17.5. The van der Waals surface area contributed by atoms with Gasteiger partial charge in [0, 0.05) is 10.0 Å². The predicted octanol–water partition coefficient (Wildman–Crippen LogP) is 4.24. The Kier molecular flexibility index (Phi) is 5.09. The Morgan fingerprint density at radius 2 is 1.79 bits per heavy atom. The molecule has 0 radical (unpaired) electrons. The average Bonchev–Trinajstić information content (AvgIpc) is 3.38. The van der Waals surface area contributed by atoms with E-state index in [1.807, 2.05) is 18.2 Å². The number of benzene rings is 2. The average molecular weight is 511 g/mol. The Morgan fingerprint density at radius 1 is 1.06 bits per heavy atom. The standard InChI is InChI=1S/C23H16BrFN4O4/c1-32-22(30)19-18(12-3-6-15(25)7-4-12)21(23(31)33-2)28-11-13-9-14(24)5-8-16(13)29-17(20(19)28)10-26-27-29/h3-10H,11H2,1-2H3. The van der Waals surface area contributed by atoms with Crippen molar-refractivity contribution >= 4 is 27.9 Å². The van der Waals surface area contributed by atoms with Gasteiger partial charge in [-0.3, -0.25) is 0 Å². The Labute approximate surface area is 195 Å². The van der Waals surface area contributed by atoms with Gasteiger partial charge < -0.3 is 14.0 Å². The molecular formula is C23H16BrFN4O4. The number of carbonyl (C=O) groups excluding carboxylic acids is 2. The van der Waals surface area contributed by atoms with Crippen LogP contribution in [0.5, 0.6) is 0 Å². The van der Waals surface area contributed by atoms with Crippen LogP contribution < -0.4 is 0 Å². The van der Waals surface area contributed by atoms with Gasteiger partial charge in [0.15, 0.2) is 0 Å². The molecule has 5 rings (SSSR count). The highest BCUT2D eigenvalue weighted by Gasteiger charge is 2.36. The number of esters is 2. The lowest BCUT2D eigenvalue weighted by atomic mass is 9.99. The molecule has 1 aliphatic heterocycles. The van der Waals surface area contributed by atoms with Crippen molar-refractivity contribution < 1.29 is 23.5 Å². The van der Waals surface area contributed by atoms with E-state index in [4.69, 9.17) is 9.47 Å². The second-order valence-corrected chi connectivity index (χ2v) is 8.24. The number of fused-ring (bicyclic) bond motifs is 5. The second-order valence-electron chi connectivity index (χ2n) is 7.33. The second kappa shape index (κ2) is 7.96. The van der Waals surface area contributed by atoms with Crippen LogP contribution in [0.25, 0.3) is 28.2 Å². The molecule has 1 aliphatic rings. The molecule has 8 nitrogen and oxygen atoms in total. The third-order valence-corrected chi connectivity index (χ3v) is 6.05. The van der Waals surface area contributed by atoms with E-state index in [0.29, 0.717) is 17.0 Å². The van der Waals surface area contributed by atoms with E-state index in [1.165, 1.54) is 44.7 Å². The molecule has 166 valence electrons. The number of carbonyl (C=O) groups is 2. The fourth-order valence-electron chi connectivity index (χ4n) is 4.18. The molecule has 0 amide bonds. The van der Waals surface area contributed by atoms with E-state index >= 15 is 0 Å². The minimum atomic E-state index is -0.659. The highest BCUT2D eigenvalue weighted by Crippen LogP contribution is 2.42. The van der Waals surface area contributed by atoms with E-state index < -0.39 is 17.8 Å². The summed E-state index contributed by atoms with van der Waals surface area (Å²) in [5.41, 5.74) is 3.51. The molecular weight excluding hydrogens is 495 g/mol. The molecule has 0 N–H and O–H groups in total. The van der Waals surface area contributed by atoms with Crippen LogP contribution >= 0.6 is 15.9 Å². The third-order valence-electron chi connectivity index (χ3n) is 5.55. The lowest BCUT2D eigenvalue weighted by Gasteiger charge is -2.12. The molecule has 2 aromatic carbocycles. The van der Waals surface area contributed by atoms with E-state index in [2.05, 4.69) is 26.2 Å². The largest absolute Gasteiger partial charge is 0.465 e. The van der Waals surface area contributed by atoms with Gasteiger partial charge in [0.25, 0.3) is 0 Å². The van der Waals surface area contributed by atoms with Gasteiger partial charge in [-0.1, -0.05) is 33.3 Å².